The maximum atomic E-state index is 9.06. The van der Waals surface area contributed by atoms with Crippen LogP contribution in [0.2, 0.25) is 0 Å². The van der Waals surface area contributed by atoms with E-state index in [4.69, 9.17) is 10.00 Å². The molecule has 1 saturated heterocycles. The predicted molar refractivity (Wildman–Crippen MR) is 55.8 cm³/mol. The summed E-state index contributed by atoms with van der Waals surface area (Å²) < 4.78 is 5.19. The van der Waals surface area contributed by atoms with Gasteiger partial charge in [-0.15, -0.1) is 11.8 Å². The van der Waals surface area contributed by atoms with Crippen LogP contribution in [0.5, 0.6) is 0 Å². The normalized spacial score (nSPS) is 27.4. The zero-order valence-corrected chi connectivity index (χ0v) is 9.03. The lowest BCUT2D eigenvalue weighted by Crippen LogP contribution is -2.18. The Morgan fingerprint density at radius 1 is 1.62 bits per heavy atom. The largest absolute Gasteiger partial charge is 0.382 e. The fourth-order valence-corrected chi connectivity index (χ4v) is 2.96. The fourth-order valence-electron chi connectivity index (χ4n) is 1.64. The highest BCUT2D eigenvalue weighted by Gasteiger charge is 2.33. The zero-order chi connectivity index (χ0) is 9.57. The number of ether oxygens (including phenoxy) is 1. The van der Waals surface area contributed by atoms with E-state index in [1.807, 2.05) is 18.7 Å². The van der Waals surface area contributed by atoms with E-state index in [2.05, 4.69) is 6.07 Å². The number of rotatable bonds is 5. The molecule has 1 aliphatic rings. The molecule has 0 aliphatic carbocycles. The topological polar surface area (TPSA) is 33.0 Å². The number of hydrogen-bond acceptors (Lipinski definition) is 3. The highest BCUT2D eigenvalue weighted by atomic mass is 32.2. The lowest BCUT2D eigenvalue weighted by Gasteiger charge is -2.18. The molecule has 0 radical (unpaired) electrons. The van der Waals surface area contributed by atoms with Crippen LogP contribution in [0.15, 0.2) is 0 Å². The first-order chi connectivity index (χ1) is 6.33. The van der Waals surface area contributed by atoms with Gasteiger partial charge in [-0.1, -0.05) is 0 Å². The van der Waals surface area contributed by atoms with Gasteiger partial charge in [0.2, 0.25) is 0 Å². The van der Waals surface area contributed by atoms with Crippen LogP contribution in [0.4, 0.5) is 0 Å². The Kier molecular flexibility index (Phi) is 4.61. The molecule has 0 bridgehead atoms. The van der Waals surface area contributed by atoms with Crippen LogP contribution in [-0.4, -0.2) is 23.7 Å². The molecule has 0 N–H and O–H groups in total. The van der Waals surface area contributed by atoms with Crippen molar-refractivity contribution in [3.05, 3.63) is 0 Å². The molecule has 13 heavy (non-hydrogen) atoms. The second-order valence-electron chi connectivity index (χ2n) is 3.36. The van der Waals surface area contributed by atoms with Crippen LogP contribution in [0.25, 0.3) is 0 Å². The van der Waals surface area contributed by atoms with E-state index < -0.39 is 0 Å². The Morgan fingerprint density at radius 2 is 2.46 bits per heavy atom. The summed E-state index contributed by atoms with van der Waals surface area (Å²) in [5, 5.41) is 9.06. The van der Waals surface area contributed by atoms with Crippen molar-refractivity contribution >= 4 is 11.8 Å². The van der Waals surface area contributed by atoms with Crippen LogP contribution in [0.3, 0.4) is 0 Å². The highest BCUT2D eigenvalue weighted by molar-refractivity contribution is 8.01. The van der Waals surface area contributed by atoms with E-state index in [1.54, 1.807) is 0 Å². The van der Waals surface area contributed by atoms with Gasteiger partial charge < -0.3 is 4.74 Å². The summed E-state index contributed by atoms with van der Waals surface area (Å²) >= 11 is 1.83. The molecular weight excluding hydrogens is 182 g/mol. The van der Waals surface area contributed by atoms with E-state index >= 15 is 0 Å². The summed E-state index contributed by atoms with van der Waals surface area (Å²) in [6.07, 6.45) is 4.29. The van der Waals surface area contributed by atoms with Gasteiger partial charge in [-0.2, -0.15) is 5.26 Å². The average Bonchev–Trinajstić information content (AvgIpc) is 2.62. The molecule has 0 aromatic rings. The van der Waals surface area contributed by atoms with Crippen molar-refractivity contribution in [3.8, 4) is 6.07 Å². The minimum atomic E-state index is -0.0723. The molecule has 1 unspecified atom stereocenters. The Hall–Kier alpha value is -0.200. The number of nitrogens with zero attached hydrogens (tertiary/aromatic N) is 1. The van der Waals surface area contributed by atoms with E-state index in [-0.39, 0.29) is 4.75 Å². The summed E-state index contributed by atoms with van der Waals surface area (Å²) in [5.74, 6) is 1.15. The van der Waals surface area contributed by atoms with Crippen molar-refractivity contribution in [2.45, 2.75) is 37.4 Å². The molecular formula is C10H17NOS. The smallest absolute Gasteiger partial charge is 0.102 e. The van der Waals surface area contributed by atoms with Crippen LogP contribution < -0.4 is 0 Å². The molecule has 2 nitrogen and oxygen atoms in total. The Balaban J connectivity index is 2.21. The van der Waals surface area contributed by atoms with Crippen molar-refractivity contribution < 1.29 is 4.74 Å². The van der Waals surface area contributed by atoms with Crippen LogP contribution >= 0.6 is 11.8 Å². The van der Waals surface area contributed by atoms with Gasteiger partial charge in [0, 0.05) is 13.2 Å². The average molecular weight is 199 g/mol. The number of nitriles is 1. The third-order valence-electron chi connectivity index (χ3n) is 2.38. The molecule has 74 valence electrons. The third kappa shape index (κ3) is 3.21. The van der Waals surface area contributed by atoms with Crippen LogP contribution in [-0.2, 0) is 4.74 Å². The van der Waals surface area contributed by atoms with Crippen molar-refractivity contribution in [3.63, 3.8) is 0 Å². The molecule has 1 rings (SSSR count). The molecule has 1 heterocycles. The van der Waals surface area contributed by atoms with Crippen molar-refractivity contribution in [2.24, 2.45) is 0 Å². The van der Waals surface area contributed by atoms with Gasteiger partial charge in [0.25, 0.3) is 0 Å². The minimum Gasteiger partial charge on any atom is -0.382 e. The molecule has 0 aromatic carbocycles. The highest BCUT2D eigenvalue weighted by Crippen LogP contribution is 2.40. The van der Waals surface area contributed by atoms with Gasteiger partial charge in [0.15, 0.2) is 0 Å². The quantitative estimate of drug-likeness (QED) is 0.638. The first-order valence-corrected chi connectivity index (χ1v) is 5.94. The first-order valence-electron chi connectivity index (χ1n) is 4.96. The van der Waals surface area contributed by atoms with Gasteiger partial charge in [-0.05, 0) is 38.4 Å². The molecule has 0 aromatic heterocycles. The SMILES string of the molecule is CCOCCCC1(C#N)CCCS1. The second-order valence-corrected chi connectivity index (χ2v) is 4.84. The molecule has 1 aliphatic heterocycles. The Morgan fingerprint density at radius 3 is 3.00 bits per heavy atom. The van der Waals surface area contributed by atoms with Gasteiger partial charge in [0.1, 0.15) is 4.75 Å². The fraction of sp³-hybridized carbons (Fsp3) is 0.900. The molecule has 1 atom stereocenters. The Labute approximate surface area is 84.6 Å². The van der Waals surface area contributed by atoms with Gasteiger partial charge in [-0.3, -0.25) is 0 Å². The monoisotopic (exact) mass is 199 g/mol. The van der Waals surface area contributed by atoms with Gasteiger partial charge in [0.05, 0.1) is 6.07 Å². The predicted octanol–water partition coefficient (Wildman–Crippen LogP) is 2.59. The van der Waals surface area contributed by atoms with Crippen molar-refractivity contribution in [1.82, 2.24) is 0 Å². The summed E-state index contributed by atoms with van der Waals surface area (Å²) in [6, 6.07) is 2.46. The molecule has 0 saturated carbocycles. The first kappa shape index (κ1) is 10.9. The van der Waals surface area contributed by atoms with E-state index in [9.17, 15) is 0 Å². The van der Waals surface area contributed by atoms with Gasteiger partial charge >= 0.3 is 0 Å². The molecule has 3 heteroatoms. The zero-order valence-electron chi connectivity index (χ0n) is 8.21. The summed E-state index contributed by atoms with van der Waals surface area (Å²) in [6.45, 7) is 3.59. The summed E-state index contributed by atoms with van der Waals surface area (Å²) in [5.41, 5.74) is 0. The van der Waals surface area contributed by atoms with Crippen LogP contribution in [0.1, 0.15) is 32.6 Å². The Bertz CT molecular complexity index is 182. The lowest BCUT2D eigenvalue weighted by molar-refractivity contribution is 0.142. The third-order valence-corrected chi connectivity index (χ3v) is 3.93. The van der Waals surface area contributed by atoms with E-state index in [0.717, 1.165) is 38.2 Å². The number of hydrogen-bond donors (Lipinski definition) is 0. The maximum Gasteiger partial charge on any atom is 0.102 e. The van der Waals surface area contributed by atoms with E-state index in [0.29, 0.717) is 0 Å². The molecule has 0 spiro atoms. The van der Waals surface area contributed by atoms with Gasteiger partial charge in [-0.25, -0.2) is 0 Å². The maximum absolute atomic E-state index is 9.06. The lowest BCUT2D eigenvalue weighted by atomic mass is 9.99. The number of thioether (sulfide) groups is 1. The summed E-state index contributed by atoms with van der Waals surface area (Å²) in [7, 11) is 0. The molecule has 0 amide bonds. The minimum absolute atomic E-state index is 0.0723. The molecule has 1 fully saturated rings. The standard InChI is InChI=1S/C10H17NOS/c1-2-12-7-3-5-10(9-11)6-4-8-13-10/h2-8H2,1H3. The van der Waals surface area contributed by atoms with Crippen molar-refractivity contribution in [2.75, 3.05) is 19.0 Å². The second kappa shape index (κ2) is 5.51. The van der Waals surface area contributed by atoms with E-state index in [1.165, 1.54) is 6.42 Å². The van der Waals surface area contributed by atoms with Crippen LogP contribution in [0, 0.1) is 11.3 Å². The summed E-state index contributed by atoms with van der Waals surface area (Å²) in [4.78, 5) is 0. The van der Waals surface area contributed by atoms with Crippen molar-refractivity contribution in [1.29, 1.82) is 5.26 Å².